The molecule has 3 amide bonds. The van der Waals surface area contributed by atoms with E-state index in [0.717, 1.165) is 4.90 Å². The van der Waals surface area contributed by atoms with E-state index in [-0.39, 0.29) is 17.9 Å². The number of ether oxygens (including phenoxy) is 2. The van der Waals surface area contributed by atoms with Crippen molar-refractivity contribution in [1.29, 1.82) is 0 Å². The van der Waals surface area contributed by atoms with E-state index in [1.165, 1.54) is 19.2 Å². The Hall–Kier alpha value is -4.11. The quantitative estimate of drug-likeness (QED) is 0.340. The van der Waals surface area contributed by atoms with Gasteiger partial charge in [0.25, 0.3) is 5.91 Å². The van der Waals surface area contributed by atoms with Crippen molar-refractivity contribution >= 4 is 45.6 Å². The Morgan fingerprint density at radius 2 is 1.85 bits per heavy atom. The highest BCUT2D eigenvalue weighted by Crippen LogP contribution is 2.38. The van der Waals surface area contributed by atoms with E-state index < -0.39 is 17.9 Å². The van der Waals surface area contributed by atoms with Crippen LogP contribution in [0.25, 0.3) is 6.08 Å². The van der Waals surface area contributed by atoms with Crippen molar-refractivity contribution in [3.63, 3.8) is 0 Å². The summed E-state index contributed by atoms with van der Waals surface area (Å²) in [7, 11) is 1.48. The fourth-order valence-electron chi connectivity index (χ4n) is 3.43. The number of amides is 3. The van der Waals surface area contributed by atoms with Gasteiger partial charge in [-0.2, -0.15) is 0 Å². The topological polar surface area (TPSA) is 105 Å². The maximum atomic E-state index is 12.8. The number of hydrogen-bond acceptors (Lipinski definition) is 5. The summed E-state index contributed by atoms with van der Waals surface area (Å²) in [4.78, 5) is 37.5. The molecule has 0 radical (unpaired) electrons. The second-order valence-corrected chi connectivity index (χ2v) is 8.15. The van der Waals surface area contributed by atoms with Crippen molar-refractivity contribution < 1.29 is 29.0 Å². The van der Waals surface area contributed by atoms with Gasteiger partial charge in [0.15, 0.2) is 11.5 Å². The van der Waals surface area contributed by atoms with E-state index in [1.54, 1.807) is 60.7 Å². The molecule has 0 spiro atoms. The number of rotatable bonds is 7. The molecule has 0 saturated carbocycles. The highest BCUT2D eigenvalue weighted by atomic mass is 79.9. The molecule has 9 heteroatoms. The van der Waals surface area contributed by atoms with Crippen LogP contribution >= 0.6 is 15.9 Å². The van der Waals surface area contributed by atoms with Gasteiger partial charge in [-0.05, 0) is 69.5 Å². The summed E-state index contributed by atoms with van der Waals surface area (Å²) in [5.74, 6) is -0.673. The Morgan fingerprint density at radius 3 is 2.56 bits per heavy atom. The minimum atomic E-state index is -1.02. The molecule has 0 aromatic heterocycles. The number of halogens is 1. The Labute approximate surface area is 203 Å². The fourth-order valence-corrected chi connectivity index (χ4v) is 4.00. The number of imide groups is 1. The average molecular weight is 523 g/mol. The van der Waals surface area contributed by atoms with E-state index in [1.807, 2.05) is 0 Å². The maximum Gasteiger partial charge on any atom is 0.335 e. The fraction of sp³-hybridized carbons (Fsp3) is 0.0800. The van der Waals surface area contributed by atoms with Gasteiger partial charge in [0, 0.05) is 0 Å². The SMILES string of the molecule is COc1cc(/C=C2/NC(=O)N(c3ccccc3)C2=O)cc(Br)c1OCc1cccc(C(=O)O)c1. The lowest BCUT2D eigenvalue weighted by Crippen LogP contribution is -2.30. The third kappa shape index (κ3) is 4.79. The second-order valence-electron chi connectivity index (χ2n) is 7.29. The number of carboxylic acids is 1. The molecule has 1 aliphatic heterocycles. The van der Waals surface area contributed by atoms with Crippen molar-refractivity contribution in [1.82, 2.24) is 5.32 Å². The van der Waals surface area contributed by atoms with Gasteiger partial charge in [-0.1, -0.05) is 30.3 Å². The summed E-state index contributed by atoms with van der Waals surface area (Å²) in [6.07, 6.45) is 1.55. The molecule has 1 aliphatic rings. The number of aromatic carboxylic acids is 1. The van der Waals surface area contributed by atoms with Crippen LogP contribution in [0.4, 0.5) is 10.5 Å². The van der Waals surface area contributed by atoms with Crippen molar-refractivity contribution in [3.05, 3.63) is 93.6 Å². The van der Waals surface area contributed by atoms with E-state index in [9.17, 15) is 14.4 Å². The Kier molecular flexibility index (Phi) is 6.65. The third-order valence-corrected chi connectivity index (χ3v) is 5.60. The number of methoxy groups -OCH3 is 1. The largest absolute Gasteiger partial charge is 0.493 e. The molecule has 0 unspecified atom stereocenters. The van der Waals surface area contributed by atoms with Gasteiger partial charge in [-0.15, -0.1) is 0 Å². The summed E-state index contributed by atoms with van der Waals surface area (Å²) in [5.41, 5.74) is 2.05. The number of hydrogen-bond donors (Lipinski definition) is 2. The molecule has 172 valence electrons. The van der Waals surface area contributed by atoms with Crippen LogP contribution in [-0.2, 0) is 11.4 Å². The van der Waals surface area contributed by atoms with Crippen LogP contribution in [0, 0.1) is 0 Å². The second kappa shape index (κ2) is 9.80. The molecule has 1 saturated heterocycles. The number of nitrogens with zero attached hydrogens (tertiary/aromatic N) is 1. The van der Waals surface area contributed by atoms with E-state index in [0.29, 0.717) is 32.8 Å². The normalized spacial score (nSPS) is 14.3. The zero-order chi connectivity index (χ0) is 24.2. The summed E-state index contributed by atoms with van der Waals surface area (Å²) in [6.45, 7) is 0.122. The van der Waals surface area contributed by atoms with Crippen LogP contribution in [-0.4, -0.2) is 30.1 Å². The van der Waals surface area contributed by atoms with Crippen molar-refractivity contribution in [2.45, 2.75) is 6.61 Å². The first kappa shape index (κ1) is 23.1. The molecule has 8 nitrogen and oxygen atoms in total. The first-order chi connectivity index (χ1) is 16.4. The van der Waals surface area contributed by atoms with Crippen LogP contribution in [0.3, 0.4) is 0 Å². The number of nitrogens with one attached hydrogen (secondary N) is 1. The molecule has 1 heterocycles. The average Bonchev–Trinajstić information content (AvgIpc) is 3.11. The van der Waals surface area contributed by atoms with Gasteiger partial charge in [0.1, 0.15) is 12.3 Å². The molecule has 3 aromatic carbocycles. The van der Waals surface area contributed by atoms with Crippen molar-refractivity contribution in [2.24, 2.45) is 0 Å². The molecular weight excluding hydrogens is 504 g/mol. The highest BCUT2D eigenvalue weighted by Gasteiger charge is 2.34. The lowest BCUT2D eigenvalue weighted by Gasteiger charge is -2.14. The zero-order valence-electron chi connectivity index (χ0n) is 17.9. The maximum absolute atomic E-state index is 12.8. The van der Waals surface area contributed by atoms with Gasteiger partial charge >= 0.3 is 12.0 Å². The minimum Gasteiger partial charge on any atom is -0.493 e. The smallest absolute Gasteiger partial charge is 0.335 e. The monoisotopic (exact) mass is 522 g/mol. The first-order valence-corrected chi connectivity index (χ1v) is 10.9. The molecule has 0 atom stereocenters. The Bertz CT molecular complexity index is 1310. The number of carbonyl (C=O) groups excluding carboxylic acids is 2. The highest BCUT2D eigenvalue weighted by molar-refractivity contribution is 9.10. The lowest BCUT2D eigenvalue weighted by atomic mass is 10.1. The van der Waals surface area contributed by atoms with Gasteiger partial charge in [-0.25, -0.2) is 14.5 Å². The predicted octanol–water partition coefficient (Wildman–Crippen LogP) is 4.83. The Morgan fingerprint density at radius 1 is 1.09 bits per heavy atom. The van der Waals surface area contributed by atoms with Crippen LogP contribution < -0.4 is 19.7 Å². The third-order valence-electron chi connectivity index (χ3n) is 5.01. The lowest BCUT2D eigenvalue weighted by molar-refractivity contribution is -0.113. The molecule has 4 rings (SSSR count). The molecular formula is C25H19BrN2O6. The molecule has 0 bridgehead atoms. The summed E-state index contributed by atoms with van der Waals surface area (Å²) < 4.78 is 11.9. The van der Waals surface area contributed by atoms with Gasteiger partial charge < -0.3 is 19.9 Å². The summed E-state index contributed by atoms with van der Waals surface area (Å²) in [5, 5.41) is 11.8. The number of carbonyl (C=O) groups is 3. The molecule has 1 fully saturated rings. The zero-order valence-corrected chi connectivity index (χ0v) is 19.5. The molecule has 34 heavy (non-hydrogen) atoms. The molecule has 0 aliphatic carbocycles. The van der Waals surface area contributed by atoms with Crippen LogP contribution in [0.5, 0.6) is 11.5 Å². The number of urea groups is 1. The van der Waals surface area contributed by atoms with Gasteiger partial charge in [0.05, 0.1) is 22.8 Å². The van der Waals surface area contributed by atoms with Crippen molar-refractivity contribution in [2.75, 3.05) is 12.0 Å². The number of anilines is 1. The van der Waals surface area contributed by atoms with Gasteiger partial charge in [0.2, 0.25) is 0 Å². The Balaban J connectivity index is 1.57. The number of carboxylic acid groups (broad SMARTS) is 1. The van der Waals surface area contributed by atoms with Crippen LogP contribution in [0.1, 0.15) is 21.5 Å². The van der Waals surface area contributed by atoms with Crippen LogP contribution in [0.2, 0.25) is 0 Å². The molecule has 3 aromatic rings. The van der Waals surface area contributed by atoms with E-state index in [2.05, 4.69) is 21.2 Å². The van der Waals surface area contributed by atoms with Crippen molar-refractivity contribution in [3.8, 4) is 11.5 Å². The number of para-hydroxylation sites is 1. The molecule has 2 N–H and O–H groups in total. The van der Waals surface area contributed by atoms with E-state index >= 15 is 0 Å². The van der Waals surface area contributed by atoms with Gasteiger partial charge in [-0.3, -0.25) is 4.79 Å². The minimum absolute atomic E-state index is 0.122. The standard InChI is InChI=1S/C25H19BrN2O6/c1-33-21-13-16(12-20-23(29)28(25(32)27-20)18-8-3-2-4-9-18)11-19(26)22(21)34-14-15-6-5-7-17(10-15)24(30)31/h2-13H,14H2,1H3,(H,27,32)(H,30,31)/b20-12+. The summed E-state index contributed by atoms with van der Waals surface area (Å²) >= 11 is 3.46. The predicted molar refractivity (Wildman–Crippen MR) is 129 cm³/mol. The first-order valence-electron chi connectivity index (χ1n) is 10.1. The van der Waals surface area contributed by atoms with E-state index in [4.69, 9.17) is 14.6 Å². The van der Waals surface area contributed by atoms with Crippen LogP contribution in [0.15, 0.2) is 76.9 Å². The summed E-state index contributed by atoms with van der Waals surface area (Å²) in [6, 6.07) is 18.0. The number of benzene rings is 3.